The Hall–Kier alpha value is -2.40. The smallest absolute Gasteiger partial charge is 0.308 e. The molecule has 0 unspecified atom stereocenters. The fraction of sp³-hybridized carbons (Fsp3) is 0.455. The van der Waals surface area contributed by atoms with Crippen molar-refractivity contribution in [2.24, 2.45) is 5.92 Å². The number of nitrogens with zero attached hydrogens (tertiary/aromatic N) is 2. The van der Waals surface area contributed by atoms with Crippen LogP contribution in [-0.2, 0) is 17.9 Å². The Morgan fingerprint density at radius 3 is 2.67 bits per heavy atom. The number of carboxylic acids is 1. The van der Waals surface area contributed by atoms with Crippen LogP contribution < -0.4 is 4.74 Å². The Kier molecular flexibility index (Phi) is 6.11. The first-order valence-electron chi connectivity index (χ1n) is 9.55. The Morgan fingerprint density at radius 1 is 1.30 bits per heavy atom. The van der Waals surface area contributed by atoms with Gasteiger partial charge >= 0.3 is 5.97 Å². The molecule has 1 saturated heterocycles. The second kappa shape index (κ2) is 8.53. The Labute approximate surface area is 161 Å². The van der Waals surface area contributed by atoms with Crippen LogP contribution >= 0.6 is 0 Å². The highest BCUT2D eigenvalue weighted by atomic mass is 16.5. The zero-order valence-electron chi connectivity index (χ0n) is 16.3. The molecule has 1 fully saturated rings. The molecule has 2 atom stereocenters. The van der Waals surface area contributed by atoms with E-state index >= 15 is 0 Å². The molecule has 1 aliphatic rings. The number of pyridine rings is 1. The van der Waals surface area contributed by atoms with Crippen LogP contribution in [0.1, 0.15) is 42.1 Å². The van der Waals surface area contributed by atoms with Crippen molar-refractivity contribution in [3.63, 3.8) is 0 Å². The lowest BCUT2D eigenvalue weighted by Gasteiger charge is -2.37. The van der Waals surface area contributed by atoms with Gasteiger partial charge in [-0.2, -0.15) is 0 Å². The molecule has 0 amide bonds. The van der Waals surface area contributed by atoms with Crippen LogP contribution in [-0.4, -0.2) is 33.5 Å². The number of benzene rings is 1. The SMILES string of the molecule is Cc1cc(CN2CCC[C@@H](C(=O)O)[C@H]2C)cc(C)c1OCc1ccccn1. The van der Waals surface area contributed by atoms with E-state index in [9.17, 15) is 9.90 Å². The molecule has 0 bridgehead atoms. The molecule has 2 heterocycles. The molecule has 0 radical (unpaired) electrons. The molecule has 5 nitrogen and oxygen atoms in total. The van der Waals surface area contributed by atoms with Gasteiger partial charge in [-0.15, -0.1) is 0 Å². The van der Waals surface area contributed by atoms with Crippen molar-refractivity contribution in [1.82, 2.24) is 9.88 Å². The molecule has 1 aromatic carbocycles. The number of piperidine rings is 1. The van der Waals surface area contributed by atoms with Gasteiger partial charge in [-0.25, -0.2) is 0 Å². The van der Waals surface area contributed by atoms with Crippen molar-refractivity contribution < 1.29 is 14.6 Å². The van der Waals surface area contributed by atoms with Gasteiger partial charge in [0.2, 0.25) is 0 Å². The van der Waals surface area contributed by atoms with Gasteiger partial charge in [0.1, 0.15) is 12.4 Å². The van der Waals surface area contributed by atoms with Crippen molar-refractivity contribution in [2.75, 3.05) is 6.54 Å². The maximum absolute atomic E-state index is 11.5. The van der Waals surface area contributed by atoms with E-state index in [-0.39, 0.29) is 12.0 Å². The Morgan fingerprint density at radius 2 is 2.04 bits per heavy atom. The Bertz CT molecular complexity index is 768. The van der Waals surface area contributed by atoms with E-state index in [2.05, 4.69) is 35.9 Å². The minimum Gasteiger partial charge on any atom is -0.487 e. The normalized spacial score (nSPS) is 20.4. The van der Waals surface area contributed by atoms with E-state index in [1.54, 1.807) is 6.20 Å². The van der Waals surface area contributed by atoms with Crippen LogP contribution in [0.4, 0.5) is 0 Å². The lowest BCUT2D eigenvalue weighted by atomic mass is 9.90. The first-order chi connectivity index (χ1) is 13.0. The summed E-state index contributed by atoms with van der Waals surface area (Å²) in [5, 5.41) is 9.42. The summed E-state index contributed by atoms with van der Waals surface area (Å²) in [7, 11) is 0. The lowest BCUT2D eigenvalue weighted by molar-refractivity contribution is -0.145. The van der Waals surface area contributed by atoms with Crippen LogP contribution in [0, 0.1) is 19.8 Å². The molecule has 2 aromatic rings. The first-order valence-corrected chi connectivity index (χ1v) is 9.55. The molecular formula is C22H28N2O3. The number of likely N-dealkylation sites (tertiary alicyclic amines) is 1. The summed E-state index contributed by atoms with van der Waals surface area (Å²) < 4.78 is 6.01. The van der Waals surface area contributed by atoms with Gasteiger partial charge in [-0.05, 0) is 69.0 Å². The van der Waals surface area contributed by atoms with E-state index in [1.165, 1.54) is 5.56 Å². The molecule has 1 N–H and O–H groups in total. The summed E-state index contributed by atoms with van der Waals surface area (Å²) in [6.07, 6.45) is 3.47. The van der Waals surface area contributed by atoms with Crippen molar-refractivity contribution in [3.05, 3.63) is 58.9 Å². The summed E-state index contributed by atoms with van der Waals surface area (Å²) in [4.78, 5) is 18.0. The number of carboxylic acid groups (broad SMARTS) is 1. The van der Waals surface area contributed by atoms with E-state index in [0.717, 1.165) is 48.5 Å². The van der Waals surface area contributed by atoms with Crippen LogP contribution in [0.25, 0.3) is 0 Å². The van der Waals surface area contributed by atoms with E-state index in [0.29, 0.717) is 6.61 Å². The van der Waals surface area contributed by atoms with Crippen molar-refractivity contribution in [2.45, 2.75) is 52.8 Å². The van der Waals surface area contributed by atoms with Crippen molar-refractivity contribution in [3.8, 4) is 5.75 Å². The molecule has 1 aromatic heterocycles. The summed E-state index contributed by atoms with van der Waals surface area (Å²) in [6.45, 7) is 8.31. The average Bonchev–Trinajstić information content (AvgIpc) is 2.63. The van der Waals surface area contributed by atoms with Crippen molar-refractivity contribution >= 4 is 5.97 Å². The van der Waals surface area contributed by atoms with E-state index in [1.807, 2.05) is 25.1 Å². The second-order valence-corrected chi connectivity index (χ2v) is 7.47. The van der Waals surface area contributed by atoms with Gasteiger partial charge in [-0.3, -0.25) is 14.7 Å². The topological polar surface area (TPSA) is 62.7 Å². The van der Waals surface area contributed by atoms with Gasteiger partial charge in [0.05, 0.1) is 11.6 Å². The zero-order valence-corrected chi connectivity index (χ0v) is 16.3. The monoisotopic (exact) mass is 368 g/mol. The zero-order chi connectivity index (χ0) is 19.4. The van der Waals surface area contributed by atoms with Gasteiger partial charge in [0.15, 0.2) is 0 Å². The summed E-state index contributed by atoms with van der Waals surface area (Å²) in [5.74, 6) is -0.0562. The third-order valence-electron chi connectivity index (χ3n) is 5.43. The molecule has 5 heteroatoms. The van der Waals surface area contributed by atoms with Crippen LogP contribution in [0.15, 0.2) is 36.5 Å². The predicted octanol–water partition coefficient (Wildman–Crippen LogP) is 3.96. The largest absolute Gasteiger partial charge is 0.487 e. The van der Waals surface area contributed by atoms with Gasteiger partial charge in [0.25, 0.3) is 0 Å². The Balaban J connectivity index is 1.70. The van der Waals surface area contributed by atoms with Gasteiger partial charge < -0.3 is 9.84 Å². The summed E-state index contributed by atoms with van der Waals surface area (Å²) >= 11 is 0. The fourth-order valence-corrected chi connectivity index (χ4v) is 3.99. The molecule has 1 aliphatic heterocycles. The molecular weight excluding hydrogens is 340 g/mol. The second-order valence-electron chi connectivity index (χ2n) is 7.47. The lowest BCUT2D eigenvalue weighted by Crippen LogP contribution is -2.45. The maximum Gasteiger partial charge on any atom is 0.308 e. The number of hydrogen-bond acceptors (Lipinski definition) is 4. The minimum absolute atomic E-state index is 0.0527. The average molecular weight is 368 g/mol. The molecule has 27 heavy (non-hydrogen) atoms. The fourth-order valence-electron chi connectivity index (χ4n) is 3.99. The number of aromatic nitrogens is 1. The third-order valence-corrected chi connectivity index (χ3v) is 5.43. The number of aliphatic carboxylic acids is 1. The highest BCUT2D eigenvalue weighted by Gasteiger charge is 2.32. The predicted molar refractivity (Wildman–Crippen MR) is 105 cm³/mol. The standard InChI is InChI=1S/C22H28N2O3/c1-15-11-18(13-24-10-6-8-20(17(24)3)22(25)26)12-16(2)21(15)27-14-19-7-4-5-9-23-19/h4-5,7,9,11-12,17,20H,6,8,10,13-14H2,1-3H3,(H,25,26)/t17-,20-/m1/s1. The van der Waals surface area contributed by atoms with E-state index < -0.39 is 5.97 Å². The third kappa shape index (κ3) is 4.66. The van der Waals surface area contributed by atoms with Gasteiger partial charge in [0, 0.05) is 18.8 Å². The molecule has 144 valence electrons. The van der Waals surface area contributed by atoms with Crippen LogP contribution in [0.2, 0.25) is 0 Å². The van der Waals surface area contributed by atoms with Gasteiger partial charge in [-0.1, -0.05) is 18.2 Å². The molecule has 0 saturated carbocycles. The van der Waals surface area contributed by atoms with Crippen molar-refractivity contribution in [1.29, 1.82) is 0 Å². The minimum atomic E-state index is -0.683. The number of aryl methyl sites for hydroxylation is 2. The molecule has 3 rings (SSSR count). The first kappa shape index (κ1) is 19.4. The van der Waals surface area contributed by atoms with Crippen LogP contribution in [0.3, 0.4) is 0 Å². The van der Waals surface area contributed by atoms with Crippen LogP contribution in [0.5, 0.6) is 5.75 Å². The summed E-state index contributed by atoms with van der Waals surface area (Å²) in [5.41, 5.74) is 4.30. The van der Waals surface area contributed by atoms with E-state index in [4.69, 9.17) is 4.74 Å². The molecule has 0 aliphatic carbocycles. The number of hydrogen-bond donors (Lipinski definition) is 1. The number of ether oxygens (including phenoxy) is 1. The highest BCUT2D eigenvalue weighted by Crippen LogP contribution is 2.29. The maximum atomic E-state index is 11.5. The number of rotatable bonds is 6. The quantitative estimate of drug-likeness (QED) is 0.836. The summed E-state index contributed by atoms with van der Waals surface area (Å²) in [6, 6.07) is 10.2. The highest BCUT2D eigenvalue weighted by molar-refractivity contribution is 5.71. The number of carbonyl (C=O) groups is 1. The molecule has 0 spiro atoms.